The molecule has 0 radical (unpaired) electrons. The van der Waals surface area contributed by atoms with Gasteiger partial charge in [0.15, 0.2) is 9.84 Å². The van der Waals surface area contributed by atoms with Crippen molar-refractivity contribution in [1.29, 1.82) is 0 Å². The number of likely N-dealkylation sites (tertiary alicyclic amines) is 1. The molecule has 1 heterocycles. The Balaban J connectivity index is 1.30. The first-order valence-electron chi connectivity index (χ1n) is 12.4. The molecule has 1 saturated heterocycles. The highest BCUT2D eigenvalue weighted by molar-refractivity contribution is 7.91. The molecule has 0 aromatic heterocycles. The zero-order chi connectivity index (χ0) is 22.4. The van der Waals surface area contributed by atoms with Crippen molar-refractivity contribution < 1.29 is 8.42 Å². The third-order valence-electron chi connectivity index (χ3n) is 7.29. The van der Waals surface area contributed by atoms with Crippen molar-refractivity contribution in [1.82, 2.24) is 10.2 Å². The maximum absolute atomic E-state index is 12.7. The molecule has 174 valence electrons. The monoisotopic (exact) mass is 454 g/mol. The summed E-state index contributed by atoms with van der Waals surface area (Å²) in [5, 5.41) is 3.44. The van der Waals surface area contributed by atoms with Crippen LogP contribution in [-0.2, 0) is 16.3 Å². The van der Waals surface area contributed by atoms with Gasteiger partial charge in [0.05, 0.1) is 10.6 Å². The predicted molar refractivity (Wildman–Crippen MR) is 133 cm³/mol. The summed E-state index contributed by atoms with van der Waals surface area (Å²) in [5.74, 6) is 0.160. The van der Waals surface area contributed by atoms with E-state index in [2.05, 4.69) is 41.4 Å². The summed E-state index contributed by atoms with van der Waals surface area (Å²) < 4.78 is 25.5. The molecule has 0 unspecified atom stereocenters. The molecule has 32 heavy (non-hydrogen) atoms. The molecule has 1 N–H and O–H groups in total. The molecule has 2 aliphatic rings. The Morgan fingerprint density at radius 1 is 0.875 bits per heavy atom. The molecular formula is C27H38N2O2S. The van der Waals surface area contributed by atoms with E-state index in [4.69, 9.17) is 0 Å². The number of hydrogen-bond acceptors (Lipinski definition) is 4. The summed E-state index contributed by atoms with van der Waals surface area (Å²) in [6.07, 6.45) is 9.88. The van der Waals surface area contributed by atoms with Crippen molar-refractivity contribution >= 4 is 9.84 Å². The Kier molecular flexibility index (Phi) is 8.03. The molecule has 0 amide bonds. The van der Waals surface area contributed by atoms with Gasteiger partial charge in [-0.1, -0.05) is 55.7 Å². The van der Waals surface area contributed by atoms with Gasteiger partial charge in [-0.25, -0.2) is 8.42 Å². The highest BCUT2D eigenvalue weighted by Crippen LogP contribution is 2.23. The van der Waals surface area contributed by atoms with Crippen LogP contribution in [0, 0.1) is 0 Å². The average molecular weight is 455 g/mol. The second kappa shape index (κ2) is 11.0. The molecule has 2 aromatic rings. The quantitative estimate of drug-likeness (QED) is 0.574. The molecule has 0 bridgehead atoms. The van der Waals surface area contributed by atoms with Gasteiger partial charge in [0.2, 0.25) is 0 Å². The summed E-state index contributed by atoms with van der Waals surface area (Å²) in [5.41, 5.74) is 3.55. The summed E-state index contributed by atoms with van der Waals surface area (Å²) in [6, 6.07) is 17.3. The van der Waals surface area contributed by atoms with Gasteiger partial charge in [-0.2, -0.15) is 0 Å². The van der Waals surface area contributed by atoms with E-state index in [1.165, 1.54) is 57.1 Å². The summed E-state index contributed by atoms with van der Waals surface area (Å²) in [4.78, 5) is 3.00. The lowest BCUT2D eigenvalue weighted by molar-refractivity contribution is 0.272. The Morgan fingerprint density at radius 2 is 1.53 bits per heavy atom. The topological polar surface area (TPSA) is 49.4 Å². The third kappa shape index (κ3) is 6.21. The maximum atomic E-state index is 12.7. The van der Waals surface area contributed by atoms with Crippen molar-refractivity contribution in [3.8, 4) is 11.1 Å². The first-order valence-corrected chi connectivity index (χ1v) is 14.1. The van der Waals surface area contributed by atoms with Gasteiger partial charge >= 0.3 is 0 Å². The van der Waals surface area contributed by atoms with Crippen molar-refractivity contribution in [3.05, 3.63) is 54.1 Å². The second-order valence-corrected chi connectivity index (χ2v) is 11.7. The lowest BCUT2D eigenvalue weighted by Gasteiger charge is -2.22. The van der Waals surface area contributed by atoms with Crippen molar-refractivity contribution in [2.75, 3.05) is 25.4 Å². The summed E-state index contributed by atoms with van der Waals surface area (Å²) >= 11 is 0. The molecule has 1 aliphatic heterocycles. The number of sulfone groups is 1. The van der Waals surface area contributed by atoms with Crippen LogP contribution in [0.2, 0.25) is 0 Å². The highest BCUT2D eigenvalue weighted by atomic mass is 32.2. The predicted octanol–water partition coefficient (Wildman–Crippen LogP) is 5.08. The minimum absolute atomic E-state index is 0.160. The van der Waals surface area contributed by atoms with Gasteiger partial charge in [-0.05, 0) is 74.4 Å². The molecule has 1 atom stereocenters. The largest absolute Gasteiger partial charge is 0.313 e. The Hall–Kier alpha value is -1.69. The lowest BCUT2D eigenvalue weighted by atomic mass is 9.96. The van der Waals surface area contributed by atoms with Crippen molar-refractivity contribution in [2.24, 2.45) is 0 Å². The Bertz CT molecular complexity index is 948. The molecule has 5 heteroatoms. The van der Waals surface area contributed by atoms with E-state index >= 15 is 0 Å². The number of nitrogens with zero attached hydrogens (tertiary/aromatic N) is 1. The first-order chi connectivity index (χ1) is 15.5. The van der Waals surface area contributed by atoms with E-state index in [0.29, 0.717) is 23.5 Å². The maximum Gasteiger partial charge on any atom is 0.179 e. The smallest absolute Gasteiger partial charge is 0.179 e. The number of rotatable bonds is 9. The van der Waals surface area contributed by atoms with Gasteiger partial charge in [-0.15, -0.1) is 0 Å². The number of hydrogen-bond donors (Lipinski definition) is 1. The van der Waals surface area contributed by atoms with Crippen LogP contribution in [0.15, 0.2) is 53.4 Å². The Morgan fingerprint density at radius 3 is 2.16 bits per heavy atom. The van der Waals surface area contributed by atoms with E-state index < -0.39 is 9.84 Å². The average Bonchev–Trinajstić information content (AvgIpc) is 3.23. The Labute approximate surface area is 194 Å². The van der Waals surface area contributed by atoms with Gasteiger partial charge in [-0.3, -0.25) is 0 Å². The SMILES string of the molecule is C[C@@H]1CCCN1CCc1ccc(-c2ccc(S(=O)(=O)CCNC3CCCCC3)cc2)cc1. The summed E-state index contributed by atoms with van der Waals surface area (Å²) in [7, 11) is -3.25. The zero-order valence-electron chi connectivity index (χ0n) is 19.4. The fourth-order valence-corrected chi connectivity index (χ4v) is 6.31. The zero-order valence-corrected chi connectivity index (χ0v) is 20.2. The molecule has 4 rings (SSSR count). The van der Waals surface area contributed by atoms with E-state index in [-0.39, 0.29) is 5.75 Å². The van der Waals surface area contributed by atoms with Crippen LogP contribution < -0.4 is 5.32 Å². The number of benzene rings is 2. The van der Waals surface area contributed by atoms with Crippen molar-refractivity contribution in [2.45, 2.75) is 75.3 Å². The van der Waals surface area contributed by atoms with E-state index in [0.717, 1.165) is 24.1 Å². The standard InChI is InChI=1S/C27H38N2O2S/c1-22-6-5-19-29(22)20-17-23-9-11-24(12-10-23)25-13-15-27(16-14-25)32(30,31)21-18-28-26-7-3-2-4-8-26/h9-16,22,26,28H,2-8,17-21H2,1H3/t22-/m1/s1. The van der Waals surface area contributed by atoms with Crippen LogP contribution in [0.5, 0.6) is 0 Å². The van der Waals surface area contributed by atoms with Gasteiger partial charge in [0.1, 0.15) is 0 Å². The van der Waals surface area contributed by atoms with Gasteiger partial charge in [0.25, 0.3) is 0 Å². The normalized spacial score (nSPS) is 20.6. The molecule has 0 spiro atoms. The number of nitrogens with one attached hydrogen (secondary N) is 1. The first kappa shape index (κ1) is 23.5. The van der Waals surface area contributed by atoms with E-state index in [1.807, 2.05) is 12.1 Å². The van der Waals surface area contributed by atoms with Crippen LogP contribution in [0.25, 0.3) is 11.1 Å². The van der Waals surface area contributed by atoms with Crippen LogP contribution in [0.1, 0.15) is 57.4 Å². The lowest BCUT2D eigenvalue weighted by Crippen LogP contribution is -2.34. The third-order valence-corrected chi connectivity index (χ3v) is 9.02. The molecule has 2 aromatic carbocycles. The molecule has 1 saturated carbocycles. The molecular weight excluding hydrogens is 416 g/mol. The van der Waals surface area contributed by atoms with Gasteiger partial charge in [0, 0.05) is 25.2 Å². The molecule has 2 fully saturated rings. The minimum atomic E-state index is -3.25. The van der Waals surface area contributed by atoms with Gasteiger partial charge < -0.3 is 10.2 Å². The van der Waals surface area contributed by atoms with Crippen LogP contribution >= 0.6 is 0 Å². The van der Waals surface area contributed by atoms with Crippen LogP contribution in [-0.4, -0.2) is 50.8 Å². The van der Waals surface area contributed by atoms with Crippen LogP contribution in [0.4, 0.5) is 0 Å². The van der Waals surface area contributed by atoms with Crippen molar-refractivity contribution in [3.63, 3.8) is 0 Å². The second-order valence-electron chi connectivity index (χ2n) is 9.61. The fourth-order valence-electron chi connectivity index (χ4n) is 5.14. The van der Waals surface area contributed by atoms with Crippen LogP contribution in [0.3, 0.4) is 0 Å². The molecule has 1 aliphatic carbocycles. The van der Waals surface area contributed by atoms with E-state index in [1.54, 1.807) is 12.1 Å². The van der Waals surface area contributed by atoms with E-state index in [9.17, 15) is 8.42 Å². The molecule has 4 nitrogen and oxygen atoms in total. The summed E-state index contributed by atoms with van der Waals surface area (Å²) in [6.45, 7) is 5.22. The minimum Gasteiger partial charge on any atom is -0.313 e. The highest BCUT2D eigenvalue weighted by Gasteiger charge is 2.19. The fraction of sp³-hybridized carbons (Fsp3) is 0.556.